The molecule has 3 rings (SSSR count). The van der Waals surface area contributed by atoms with E-state index in [1.165, 1.54) is 11.8 Å². The number of carbonyl (C=O) groups is 2. The Bertz CT molecular complexity index is 1160. The lowest BCUT2D eigenvalue weighted by molar-refractivity contribution is 0.0936. The van der Waals surface area contributed by atoms with Crippen LogP contribution < -0.4 is 10.9 Å². The van der Waals surface area contributed by atoms with Gasteiger partial charge in [-0.05, 0) is 24.1 Å². The molecule has 0 saturated carbocycles. The van der Waals surface area contributed by atoms with Crippen molar-refractivity contribution >= 4 is 34.4 Å². The summed E-state index contributed by atoms with van der Waals surface area (Å²) in [4.78, 5) is 42.8. The standard InChI is InChI=1S/C24H27N3O4S/c1-16(2)14-27-23(30)19-10-9-18(22(29)25-11-12-31-3)13-20(19)26-24(27)32-15-21(28)17-7-5-4-6-8-17/h4-10,13,16H,11-12,14-15H2,1-3H3,(H,25,29). The number of thioether (sulfide) groups is 1. The molecule has 0 atom stereocenters. The molecule has 3 aromatic rings. The second kappa shape index (κ2) is 11.1. The Hall–Kier alpha value is -2.97. The number of rotatable bonds is 10. The molecule has 1 aromatic heterocycles. The van der Waals surface area contributed by atoms with E-state index in [-0.39, 0.29) is 28.9 Å². The van der Waals surface area contributed by atoms with Gasteiger partial charge in [0.1, 0.15) is 0 Å². The third-order valence-electron chi connectivity index (χ3n) is 4.75. The number of ketones is 1. The Kier molecular flexibility index (Phi) is 8.19. The largest absolute Gasteiger partial charge is 0.383 e. The fraction of sp³-hybridized carbons (Fsp3) is 0.333. The van der Waals surface area contributed by atoms with Gasteiger partial charge in [0.25, 0.3) is 11.5 Å². The lowest BCUT2D eigenvalue weighted by atomic mass is 10.1. The number of aromatic nitrogens is 2. The van der Waals surface area contributed by atoms with Crippen molar-refractivity contribution in [1.82, 2.24) is 14.9 Å². The molecule has 0 saturated heterocycles. The van der Waals surface area contributed by atoms with Crippen molar-refractivity contribution in [3.05, 3.63) is 70.0 Å². The van der Waals surface area contributed by atoms with Crippen molar-refractivity contribution in [3.8, 4) is 0 Å². The molecule has 0 bridgehead atoms. The summed E-state index contributed by atoms with van der Waals surface area (Å²) in [5.41, 5.74) is 1.29. The van der Waals surface area contributed by atoms with Gasteiger partial charge < -0.3 is 10.1 Å². The molecule has 0 aliphatic rings. The van der Waals surface area contributed by atoms with E-state index >= 15 is 0 Å². The number of nitrogens with zero attached hydrogens (tertiary/aromatic N) is 2. The van der Waals surface area contributed by atoms with Gasteiger partial charge in [0, 0.05) is 31.3 Å². The van der Waals surface area contributed by atoms with Crippen LogP contribution in [-0.2, 0) is 11.3 Å². The number of benzene rings is 2. The molecule has 0 spiro atoms. The Morgan fingerprint density at radius 3 is 2.56 bits per heavy atom. The van der Waals surface area contributed by atoms with E-state index in [1.54, 1.807) is 42.0 Å². The Morgan fingerprint density at radius 2 is 1.88 bits per heavy atom. The lowest BCUT2D eigenvalue weighted by Gasteiger charge is -2.15. The molecular weight excluding hydrogens is 426 g/mol. The van der Waals surface area contributed by atoms with E-state index in [0.717, 1.165) is 0 Å². The molecule has 0 unspecified atom stereocenters. The zero-order valence-corrected chi connectivity index (χ0v) is 19.3. The van der Waals surface area contributed by atoms with E-state index in [9.17, 15) is 14.4 Å². The number of fused-ring (bicyclic) bond motifs is 1. The van der Waals surface area contributed by atoms with Crippen molar-refractivity contribution in [2.45, 2.75) is 25.5 Å². The fourth-order valence-corrected chi connectivity index (χ4v) is 4.09. The third-order valence-corrected chi connectivity index (χ3v) is 5.73. The molecule has 1 N–H and O–H groups in total. The first-order valence-corrected chi connectivity index (χ1v) is 11.4. The predicted octanol–water partition coefficient (Wildman–Crippen LogP) is 3.40. The first kappa shape index (κ1) is 23.7. The normalized spacial score (nSPS) is 11.1. The van der Waals surface area contributed by atoms with Crippen LogP contribution in [0.5, 0.6) is 0 Å². The second-order valence-corrected chi connectivity index (χ2v) is 8.70. The van der Waals surface area contributed by atoms with Crippen LogP contribution in [0.3, 0.4) is 0 Å². The molecule has 0 fully saturated rings. The topological polar surface area (TPSA) is 90.3 Å². The van der Waals surface area contributed by atoms with E-state index in [0.29, 0.717) is 46.9 Å². The highest BCUT2D eigenvalue weighted by molar-refractivity contribution is 7.99. The van der Waals surface area contributed by atoms with Crippen molar-refractivity contribution in [2.24, 2.45) is 5.92 Å². The number of nitrogens with one attached hydrogen (secondary N) is 1. The molecule has 0 radical (unpaired) electrons. The van der Waals surface area contributed by atoms with Gasteiger partial charge in [0.15, 0.2) is 10.9 Å². The smallest absolute Gasteiger partial charge is 0.262 e. The maximum absolute atomic E-state index is 13.2. The summed E-state index contributed by atoms with van der Waals surface area (Å²) in [7, 11) is 1.57. The van der Waals surface area contributed by atoms with Gasteiger partial charge in [-0.3, -0.25) is 19.0 Å². The molecule has 32 heavy (non-hydrogen) atoms. The van der Waals surface area contributed by atoms with Gasteiger partial charge in [-0.15, -0.1) is 0 Å². The van der Waals surface area contributed by atoms with Crippen molar-refractivity contribution < 1.29 is 14.3 Å². The van der Waals surface area contributed by atoms with E-state index in [1.807, 2.05) is 32.0 Å². The predicted molar refractivity (Wildman–Crippen MR) is 127 cm³/mol. The van der Waals surface area contributed by atoms with Gasteiger partial charge in [-0.25, -0.2) is 4.98 Å². The summed E-state index contributed by atoms with van der Waals surface area (Å²) in [6.07, 6.45) is 0. The van der Waals surface area contributed by atoms with Crippen LogP contribution in [0.25, 0.3) is 10.9 Å². The number of ether oxygens (including phenoxy) is 1. The van der Waals surface area contributed by atoms with Gasteiger partial charge >= 0.3 is 0 Å². The first-order chi connectivity index (χ1) is 15.4. The Balaban J connectivity index is 1.93. The minimum absolute atomic E-state index is 0.0349. The molecular formula is C24H27N3O4S. The van der Waals surface area contributed by atoms with Crippen LogP contribution in [0.1, 0.15) is 34.6 Å². The molecule has 8 heteroatoms. The van der Waals surface area contributed by atoms with E-state index in [2.05, 4.69) is 10.3 Å². The molecule has 168 valence electrons. The van der Waals surface area contributed by atoms with Crippen LogP contribution >= 0.6 is 11.8 Å². The van der Waals surface area contributed by atoms with Gasteiger partial charge in [0.05, 0.1) is 23.3 Å². The molecule has 1 heterocycles. The quantitative estimate of drug-likeness (QED) is 0.219. The van der Waals surface area contributed by atoms with Crippen LogP contribution in [0.15, 0.2) is 58.5 Å². The van der Waals surface area contributed by atoms with Crippen LogP contribution in [0.2, 0.25) is 0 Å². The van der Waals surface area contributed by atoms with Gasteiger partial charge in [0.2, 0.25) is 0 Å². The highest BCUT2D eigenvalue weighted by Gasteiger charge is 2.16. The number of hydrogen-bond acceptors (Lipinski definition) is 6. The van der Waals surface area contributed by atoms with Crippen LogP contribution in [-0.4, -0.2) is 47.3 Å². The van der Waals surface area contributed by atoms with Crippen LogP contribution in [0, 0.1) is 5.92 Å². The highest BCUT2D eigenvalue weighted by Crippen LogP contribution is 2.21. The zero-order valence-electron chi connectivity index (χ0n) is 18.5. The molecule has 1 amide bonds. The first-order valence-electron chi connectivity index (χ1n) is 10.4. The zero-order chi connectivity index (χ0) is 23.1. The van der Waals surface area contributed by atoms with Crippen LogP contribution in [0.4, 0.5) is 0 Å². The average molecular weight is 454 g/mol. The SMILES string of the molecule is COCCNC(=O)c1ccc2c(=O)n(CC(C)C)c(SCC(=O)c3ccccc3)nc2c1. The number of carbonyl (C=O) groups excluding carboxylic acids is 2. The summed E-state index contributed by atoms with van der Waals surface area (Å²) in [6, 6.07) is 13.9. The van der Waals surface area contributed by atoms with Crippen molar-refractivity contribution in [3.63, 3.8) is 0 Å². The number of hydrogen-bond donors (Lipinski definition) is 1. The Labute approximate surface area is 191 Å². The van der Waals surface area contributed by atoms with Crippen molar-refractivity contribution in [1.29, 1.82) is 0 Å². The maximum atomic E-state index is 13.2. The number of Topliss-reactive ketones (excluding diaryl/α,β-unsaturated/α-hetero) is 1. The summed E-state index contributed by atoms with van der Waals surface area (Å²) < 4.78 is 6.57. The van der Waals surface area contributed by atoms with E-state index < -0.39 is 0 Å². The minimum Gasteiger partial charge on any atom is -0.383 e. The highest BCUT2D eigenvalue weighted by atomic mass is 32.2. The summed E-state index contributed by atoms with van der Waals surface area (Å²) >= 11 is 1.24. The average Bonchev–Trinajstić information content (AvgIpc) is 2.79. The summed E-state index contributed by atoms with van der Waals surface area (Å²) in [5.74, 6) is 0.0943. The minimum atomic E-state index is -0.259. The fourth-order valence-electron chi connectivity index (χ4n) is 3.18. The lowest BCUT2D eigenvalue weighted by Crippen LogP contribution is -2.28. The van der Waals surface area contributed by atoms with Crippen molar-refractivity contribution in [2.75, 3.05) is 26.0 Å². The van der Waals surface area contributed by atoms with Gasteiger partial charge in [-0.2, -0.15) is 0 Å². The summed E-state index contributed by atoms with van der Waals surface area (Å²) in [5, 5.41) is 3.68. The Morgan fingerprint density at radius 1 is 1.12 bits per heavy atom. The third kappa shape index (κ3) is 5.83. The maximum Gasteiger partial charge on any atom is 0.262 e. The molecule has 0 aliphatic heterocycles. The molecule has 7 nitrogen and oxygen atoms in total. The van der Waals surface area contributed by atoms with Gasteiger partial charge in [-0.1, -0.05) is 55.9 Å². The molecule has 0 aliphatic carbocycles. The second-order valence-electron chi connectivity index (χ2n) is 7.76. The summed E-state index contributed by atoms with van der Waals surface area (Å²) in [6.45, 7) is 5.33. The number of amides is 1. The number of methoxy groups -OCH3 is 1. The van der Waals surface area contributed by atoms with E-state index in [4.69, 9.17) is 4.74 Å². The molecule has 2 aromatic carbocycles. The monoisotopic (exact) mass is 453 g/mol.